The summed E-state index contributed by atoms with van der Waals surface area (Å²) in [4.78, 5) is 0. The number of aliphatic hydroxyl groups is 1. The lowest BCUT2D eigenvalue weighted by molar-refractivity contribution is 0.0410. The van der Waals surface area contributed by atoms with Gasteiger partial charge in [-0.2, -0.15) is 0 Å². The van der Waals surface area contributed by atoms with Gasteiger partial charge < -0.3 is 5.11 Å². The Morgan fingerprint density at radius 3 is 2.43 bits per heavy atom. The first-order valence-corrected chi connectivity index (χ1v) is 6.12. The average molecular weight is 198 g/mol. The summed E-state index contributed by atoms with van der Waals surface area (Å²) < 4.78 is 0. The summed E-state index contributed by atoms with van der Waals surface area (Å²) in [5.41, 5.74) is 0.133. The van der Waals surface area contributed by atoms with Gasteiger partial charge in [0.1, 0.15) is 0 Å². The van der Waals surface area contributed by atoms with E-state index < -0.39 is 0 Å². The maximum Gasteiger partial charge on any atom is 0.0484 e. The minimum atomic E-state index is 0.133. The summed E-state index contributed by atoms with van der Waals surface area (Å²) in [6.45, 7) is 9.44. The SMILES string of the molecule is CCC1CC(C(C)(C)CO)CCC1C. The molecule has 1 saturated carbocycles. The molecule has 0 aliphatic heterocycles. The van der Waals surface area contributed by atoms with E-state index in [1.165, 1.54) is 25.7 Å². The van der Waals surface area contributed by atoms with Crippen molar-refractivity contribution in [3.8, 4) is 0 Å². The minimum Gasteiger partial charge on any atom is -0.396 e. The molecular formula is C13H26O. The molecule has 14 heavy (non-hydrogen) atoms. The largest absolute Gasteiger partial charge is 0.396 e. The van der Waals surface area contributed by atoms with Crippen LogP contribution < -0.4 is 0 Å². The van der Waals surface area contributed by atoms with Crippen LogP contribution in [0.1, 0.15) is 53.4 Å². The van der Waals surface area contributed by atoms with Crippen molar-refractivity contribution in [2.75, 3.05) is 6.61 Å². The van der Waals surface area contributed by atoms with Crippen LogP contribution >= 0.6 is 0 Å². The summed E-state index contributed by atoms with van der Waals surface area (Å²) in [5.74, 6) is 2.51. The molecule has 0 radical (unpaired) electrons. The third-order valence-electron chi connectivity index (χ3n) is 4.40. The van der Waals surface area contributed by atoms with Crippen molar-refractivity contribution in [2.24, 2.45) is 23.2 Å². The van der Waals surface area contributed by atoms with Crippen LogP contribution in [0, 0.1) is 23.2 Å². The van der Waals surface area contributed by atoms with Crippen LogP contribution in [0.15, 0.2) is 0 Å². The second-order valence-electron chi connectivity index (χ2n) is 5.80. The van der Waals surface area contributed by atoms with Crippen molar-refractivity contribution in [1.82, 2.24) is 0 Å². The molecule has 0 saturated heterocycles. The van der Waals surface area contributed by atoms with Crippen molar-refractivity contribution < 1.29 is 5.11 Å². The van der Waals surface area contributed by atoms with Crippen molar-refractivity contribution in [1.29, 1.82) is 0 Å². The van der Waals surface area contributed by atoms with E-state index in [2.05, 4.69) is 27.7 Å². The molecule has 1 heteroatoms. The summed E-state index contributed by atoms with van der Waals surface area (Å²) >= 11 is 0. The van der Waals surface area contributed by atoms with Gasteiger partial charge in [-0.1, -0.05) is 40.5 Å². The molecule has 1 nitrogen and oxygen atoms in total. The van der Waals surface area contributed by atoms with Gasteiger partial charge in [-0.25, -0.2) is 0 Å². The molecular weight excluding hydrogens is 172 g/mol. The highest BCUT2D eigenvalue weighted by Crippen LogP contribution is 2.43. The van der Waals surface area contributed by atoms with E-state index >= 15 is 0 Å². The third kappa shape index (κ3) is 2.50. The first-order valence-electron chi connectivity index (χ1n) is 6.12. The summed E-state index contributed by atoms with van der Waals surface area (Å²) in [5, 5.41) is 9.37. The molecule has 0 spiro atoms. The van der Waals surface area contributed by atoms with Crippen LogP contribution in [0.5, 0.6) is 0 Å². The van der Waals surface area contributed by atoms with E-state index in [-0.39, 0.29) is 5.41 Å². The van der Waals surface area contributed by atoms with Crippen LogP contribution in [0.25, 0.3) is 0 Å². The lowest BCUT2D eigenvalue weighted by atomic mass is 9.65. The molecule has 1 aliphatic rings. The molecule has 0 bridgehead atoms. The third-order valence-corrected chi connectivity index (χ3v) is 4.40. The smallest absolute Gasteiger partial charge is 0.0484 e. The van der Waals surface area contributed by atoms with Crippen LogP contribution in [0.2, 0.25) is 0 Å². The fourth-order valence-corrected chi connectivity index (χ4v) is 2.82. The van der Waals surface area contributed by atoms with E-state index in [4.69, 9.17) is 0 Å². The Balaban J connectivity index is 2.58. The predicted molar refractivity (Wildman–Crippen MR) is 61.2 cm³/mol. The van der Waals surface area contributed by atoms with Gasteiger partial charge in [-0.05, 0) is 36.0 Å². The fraction of sp³-hybridized carbons (Fsp3) is 1.00. The normalized spacial score (nSPS) is 34.5. The van der Waals surface area contributed by atoms with Gasteiger partial charge in [0.15, 0.2) is 0 Å². The van der Waals surface area contributed by atoms with Crippen molar-refractivity contribution in [2.45, 2.75) is 53.4 Å². The quantitative estimate of drug-likeness (QED) is 0.736. The van der Waals surface area contributed by atoms with Gasteiger partial charge in [0.05, 0.1) is 0 Å². The van der Waals surface area contributed by atoms with Gasteiger partial charge in [-0.15, -0.1) is 0 Å². The molecule has 84 valence electrons. The summed E-state index contributed by atoms with van der Waals surface area (Å²) in [6.07, 6.45) is 5.29. The van der Waals surface area contributed by atoms with Gasteiger partial charge in [0, 0.05) is 6.61 Å². The van der Waals surface area contributed by atoms with Crippen molar-refractivity contribution >= 4 is 0 Å². The number of hydrogen-bond acceptors (Lipinski definition) is 1. The zero-order valence-corrected chi connectivity index (χ0v) is 10.2. The van der Waals surface area contributed by atoms with Gasteiger partial charge in [0.25, 0.3) is 0 Å². The monoisotopic (exact) mass is 198 g/mol. The molecule has 0 aromatic rings. The standard InChI is InChI=1S/C13H26O/c1-5-11-8-12(7-6-10(11)2)13(3,4)9-14/h10-12,14H,5-9H2,1-4H3. The zero-order chi connectivity index (χ0) is 10.8. The Morgan fingerprint density at radius 2 is 1.93 bits per heavy atom. The predicted octanol–water partition coefficient (Wildman–Crippen LogP) is 3.47. The average Bonchev–Trinajstić information content (AvgIpc) is 2.18. The van der Waals surface area contributed by atoms with Gasteiger partial charge in [0.2, 0.25) is 0 Å². The summed E-state index contributed by atoms with van der Waals surface area (Å²) in [7, 11) is 0. The number of rotatable bonds is 3. The van der Waals surface area contributed by atoms with Crippen LogP contribution in [0.4, 0.5) is 0 Å². The highest BCUT2D eigenvalue weighted by molar-refractivity contribution is 4.85. The first kappa shape index (κ1) is 12.0. The van der Waals surface area contributed by atoms with Crippen LogP contribution in [-0.2, 0) is 0 Å². The molecule has 3 unspecified atom stereocenters. The first-order chi connectivity index (χ1) is 6.51. The van der Waals surface area contributed by atoms with E-state index in [9.17, 15) is 5.11 Å². The lowest BCUT2D eigenvalue weighted by Gasteiger charge is -2.41. The lowest BCUT2D eigenvalue weighted by Crippen LogP contribution is -2.34. The highest BCUT2D eigenvalue weighted by atomic mass is 16.3. The number of aliphatic hydroxyl groups excluding tert-OH is 1. The van der Waals surface area contributed by atoms with Gasteiger partial charge in [-0.3, -0.25) is 0 Å². The summed E-state index contributed by atoms with van der Waals surface area (Å²) in [6, 6.07) is 0. The Morgan fingerprint density at radius 1 is 1.29 bits per heavy atom. The molecule has 0 heterocycles. The van der Waals surface area contributed by atoms with E-state index in [1.807, 2.05) is 0 Å². The minimum absolute atomic E-state index is 0.133. The Kier molecular flexibility index (Phi) is 4.00. The molecule has 0 aromatic heterocycles. The maximum atomic E-state index is 9.37. The number of hydrogen-bond donors (Lipinski definition) is 1. The van der Waals surface area contributed by atoms with Crippen LogP contribution in [0.3, 0.4) is 0 Å². The van der Waals surface area contributed by atoms with E-state index in [1.54, 1.807) is 0 Å². The van der Waals surface area contributed by atoms with Crippen molar-refractivity contribution in [3.63, 3.8) is 0 Å². The Hall–Kier alpha value is -0.0400. The Labute approximate surface area is 88.9 Å². The molecule has 1 aliphatic carbocycles. The Bertz CT molecular complexity index is 174. The maximum absolute atomic E-state index is 9.37. The van der Waals surface area contributed by atoms with E-state index in [0.29, 0.717) is 6.61 Å². The van der Waals surface area contributed by atoms with Crippen LogP contribution in [-0.4, -0.2) is 11.7 Å². The second kappa shape index (κ2) is 4.65. The zero-order valence-electron chi connectivity index (χ0n) is 10.2. The van der Waals surface area contributed by atoms with E-state index in [0.717, 1.165) is 17.8 Å². The molecule has 0 aromatic carbocycles. The molecule has 0 amide bonds. The molecule has 1 N–H and O–H groups in total. The molecule has 1 rings (SSSR count). The van der Waals surface area contributed by atoms with Gasteiger partial charge >= 0.3 is 0 Å². The second-order valence-corrected chi connectivity index (χ2v) is 5.80. The highest BCUT2D eigenvalue weighted by Gasteiger charge is 2.35. The fourth-order valence-electron chi connectivity index (χ4n) is 2.82. The van der Waals surface area contributed by atoms with Crippen molar-refractivity contribution in [3.05, 3.63) is 0 Å². The molecule has 3 atom stereocenters. The topological polar surface area (TPSA) is 20.2 Å². The molecule has 1 fully saturated rings.